The summed E-state index contributed by atoms with van der Waals surface area (Å²) in [6.45, 7) is 4.07. The van der Waals surface area contributed by atoms with Gasteiger partial charge >= 0.3 is 0 Å². The lowest BCUT2D eigenvalue weighted by Gasteiger charge is -2.21. The first-order chi connectivity index (χ1) is 6.25. The van der Waals surface area contributed by atoms with Crippen LogP contribution in [-0.2, 0) is 4.79 Å². The summed E-state index contributed by atoms with van der Waals surface area (Å²) in [6.07, 6.45) is 8.29. The fourth-order valence-electron chi connectivity index (χ4n) is 2.40. The highest BCUT2D eigenvalue weighted by Crippen LogP contribution is 2.35. The molecule has 0 aliphatic heterocycles. The number of ketones is 1. The Hall–Kier alpha value is -0.850. The van der Waals surface area contributed by atoms with Gasteiger partial charge in [-0.1, -0.05) is 17.7 Å². The van der Waals surface area contributed by atoms with Crippen molar-refractivity contribution < 1.29 is 4.79 Å². The zero-order valence-corrected chi connectivity index (χ0v) is 8.01. The van der Waals surface area contributed by atoms with Crippen molar-refractivity contribution in [3.05, 3.63) is 23.8 Å². The van der Waals surface area contributed by atoms with Crippen LogP contribution in [0, 0.1) is 5.92 Å². The molecule has 2 aliphatic rings. The second kappa shape index (κ2) is 3.49. The minimum atomic E-state index is 0.332. The first-order valence-corrected chi connectivity index (χ1v) is 5.15. The highest BCUT2D eigenvalue weighted by Gasteiger charge is 2.23. The molecule has 0 saturated heterocycles. The molecule has 0 aromatic rings. The number of carbonyl (C=O) groups excluding carboxylic acids is 1. The average molecular weight is 176 g/mol. The van der Waals surface area contributed by atoms with E-state index in [9.17, 15) is 4.79 Å². The van der Waals surface area contributed by atoms with E-state index in [1.165, 1.54) is 17.6 Å². The van der Waals surface area contributed by atoms with Crippen molar-refractivity contribution in [1.82, 2.24) is 0 Å². The molecule has 0 spiro atoms. The third kappa shape index (κ3) is 1.90. The van der Waals surface area contributed by atoms with Crippen molar-refractivity contribution in [2.45, 2.75) is 38.5 Å². The summed E-state index contributed by atoms with van der Waals surface area (Å²) in [7, 11) is 0. The number of hydrogen-bond donors (Lipinski definition) is 0. The van der Waals surface area contributed by atoms with Crippen LogP contribution in [0.15, 0.2) is 23.8 Å². The second-order valence-electron chi connectivity index (χ2n) is 4.23. The predicted molar refractivity (Wildman–Crippen MR) is 53.4 cm³/mol. The van der Waals surface area contributed by atoms with Crippen LogP contribution in [-0.4, -0.2) is 5.78 Å². The Kier molecular flexibility index (Phi) is 2.34. The number of fused-ring (bicyclic) bond motifs is 1. The van der Waals surface area contributed by atoms with Crippen molar-refractivity contribution >= 4 is 5.78 Å². The molecule has 0 aromatic heterocycles. The number of allylic oxidation sites excluding steroid dienone is 3. The fraction of sp³-hybridized carbons (Fsp3) is 0.583. The van der Waals surface area contributed by atoms with Crippen LogP contribution in [0.25, 0.3) is 0 Å². The molecule has 1 heteroatoms. The molecular weight excluding hydrogens is 160 g/mol. The van der Waals surface area contributed by atoms with Gasteiger partial charge in [0.1, 0.15) is 0 Å². The lowest BCUT2D eigenvalue weighted by Crippen LogP contribution is -2.13. The zero-order chi connectivity index (χ0) is 9.26. The van der Waals surface area contributed by atoms with Gasteiger partial charge in [0.15, 0.2) is 5.78 Å². The van der Waals surface area contributed by atoms with Crippen LogP contribution in [0.4, 0.5) is 0 Å². The quantitative estimate of drug-likeness (QED) is 0.518. The fourth-order valence-corrected chi connectivity index (χ4v) is 2.40. The van der Waals surface area contributed by atoms with Crippen LogP contribution in [0.3, 0.4) is 0 Å². The molecule has 1 fully saturated rings. The van der Waals surface area contributed by atoms with Crippen molar-refractivity contribution in [3.63, 3.8) is 0 Å². The minimum Gasteiger partial charge on any atom is -0.295 e. The second-order valence-corrected chi connectivity index (χ2v) is 4.23. The lowest BCUT2D eigenvalue weighted by molar-refractivity contribution is -0.115. The van der Waals surface area contributed by atoms with Crippen LogP contribution in [0.2, 0.25) is 0 Å². The molecule has 13 heavy (non-hydrogen) atoms. The molecule has 0 amide bonds. The Balaban J connectivity index is 2.19. The third-order valence-electron chi connectivity index (χ3n) is 3.14. The predicted octanol–water partition coefficient (Wildman–Crippen LogP) is 3.02. The van der Waals surface area contributed by atoms with Gasteiger partial charge in [0.25, 0.3) is 0 Å². The zero-order valence-electron chi connectivity index (χ0n) is 8.01. The lowest BCUT2D eigenvalue weighted by atomic mass is 9.83. The summed E-state index contributed by atoms with van der Waals surface area (Å²) in [5.74, 6) is 0.978. The smallest absolute Gasteiger partial charge is 0.155 e. The van der Waals surface area contributed by atoms with Crippen LogP contribution < -0.4 is 0 Å². The molecule has 0 bridgehead atoms. The van der Waals surface area contributed by atoms with Crippen molar-refractivity contribution in [2.24, 2.45) is 5.92 Å². The molecule has 70 valence electrons. The van der Waals surface area contributed by atoms with Gasteiger partial charge in [0.2, 0.25) is 0 Å². The van der Waals surface area contributed by atoms with E-state index in [-0.39, 0.29) is 0 Å². The van der Waals surface area contributed by atoms with Gasteiger partial charge < -0.3 is 0 Å². The van der Waals surface area contributed by atoms with Gasteiger partial charge in [-0.3, -0.25) is 4.79 Å². The van der Waals surface area contributed by atoms with Gasteiger partial charge in [-0.15, -0.1) is 0 Å². The average Bonchev–Trinajstić information content (AvgIpc) is 2.25. The summed E-state index contributed by atoms with van der Waals surface area (Å²) in [5, 5.41) is 0. The van der Waals surface area contributed by atoms with Gasteiger partial charge in [0.05, 0.1) is 0 Å². The van der Waals surface area contributed by atoms with E-state index in [1.54, 1.807) is 0 Å². The molecule has 1 saturated carbocycles. The Labute approximate surface area is 79.5 Å². The molecule has 2 rings (SSSR count). The summed E-state index contributed by atoms with van der Waals surface area (Å²) >= 11 is 0. The molecular formula is C12H16O. The molecule has 0 aromatic carbocycles. The van der Waals surface area contributed by atoms with E-state index in [1.807, 2.05) is 6.08 Å². The van der Waals surface area contributed by atoms with Gasteiger partial charge in [-0.2, -0.15) is 0 Å². The van der Waals surface area contributed by atoms with Crippen molar-refractivity contribution in [2.75, 3.05) is 0 Å². The maximum Gasteiger partial charge on any atom is 0.155 e. The molecule has 2 aliphatic carbocycles. The van der Waals surface area contributed by atoms with Gasteiger partial charge in [0, 0.05) is 6.42 Å². The first-order valence-electron chi connectivity index (χ1n) is 5.15. The van der Waals surface area contributed by atoms with E-state index < -0.39 is 0 Å². The van der Waals surface area contributed by atoms with Crippen molar-refractivity contribution in [1.29, 1.82) is 0 Å². The highest BCUT2D eigenvalue weighted by atomic mass is 16.1. The SMILES string of the molecule is C=C1CCCC2=CC(=O)CCC2C1. The van der Waals surface area contributed by atoms with Gasteiger partial charge in [-0.05, 0) is 44.1 Å². The number of rotatable bonds is 0. The molecule has 0 heterocycles. The Morgan fingerprint density at radius 3 is 3.00 bits per heavy atom. The maximum atomic E-state index is 11.2. The van der Waals surface area contributed by atoms with Crippen molar-refractivity contribution in [3.8, 4) is 0 Å². The Bertz CT molecular complexity index is 273. The van der Waals surface area contributed by atoms with E-state index in [0.717, 1.165) is 32.1 Å². The van der Waals surface area contributed by atoms with E-state index in [2.05, 4.69) is 6.58 Å². The molecule has 1 unspecified atom stereocenters. The molecule has 0 N–H and O–H groups in total. The van der Waals surface area contributed by atoms with Gasteiger partial charge in [-0.25, -0.2) is 0 Å². The monoisotopic (exact) mass is 176 g/mol. The highest BCUT2D eigenvalue weighted by molar-refractivity contribution is 5.91. The van der Waals surface area contributed by atoms with Crippen LogP contribution >= 0.6 is 0 Å². The van der Waals surface area contributed by atoms with E-state index in [0.29, 0.717) is 11.7 Å². The molecule has 1 nitrogen and oxygen atoms in total. The molecule has 1 atom stereocenters. The topological polar surface area (TPSA) is 17.1 Å². The Morgan fingerprint density at radius 1 is 1.31 bits per heavy atom. The summed E-state index contributed by atoms with van der Waals surface area (Å²) in [6, 6.07) is 0. The van der Waals surface area contributed by atoms with E-state index >= 15 is 0 Å². The minimum absolute atomic E-state index is 0.332. The third-order valence-corrected chi connectivity index (χ3v) is 3.14. The molecule has 0 radical (unpaired) electrons. The number of hydrogen-bond acceptors (Lipinski definition) is 1. The number of carbonyl (C=O) groups is 1. The Morgan fingerprint density at radius 2 is 2.15 bits per heavy atom. The summed E-state index contributed by atoms with van der Waals surface area (Å²) in [5.41, 5.74) is 2.78. The summed E-state index contributed by atoms with van der Waals surface area (Å²) in [4.78, 5) is 11.2. The largest absolute Gasteiger partial charge is 0.295 e. The van der Waals surface area contributed by atoms with Crippen LogP contribution in [0.5, 0.6) is 0 Å². The van der Waals surface area contributed by atoms with E-state index in [4.69, 9.17) is 0 Å². The standard InChI is InChI=1S/C12H16O/c1-9-3-2-4-10-8-12(13)6-5-11(10)7-9/h8,11H,1-7H2. The van der Waals surface area contributed by atoms with Crippen LogP contribution in [0.1, 0.15) is 38.5 Å². The normalized spacial score (nSPS) is 29.2. The summed E-state index contributed by atoms with van der Waals surface area (Å²) < 4.78 is 0. The maximum absolute atomic E-state index is 11.2. The first kappa shape index (κ1) is 8.74.